The van der Waals surface area contributed by atoms with E-state index in [0.29, 0.717) is 5.69 Å². The molecular formula is C29H25N3O. The second kappa shape index (κ2) is 8.40. The molecule has 1 heterocycles. The number of nitrogens with one attached hydrogen (secondary N) is 1. The average molecular weight is 432 g/mol. The van der Waals surface area contributed by atoms with Gasteiger partial charge in [-0.05, 0) is 66.9 Å². The molecule has 0 saturated carbocycles. The predicted molar refractivity (Wildman–Crippen MR) is 135 cm³/mol. The molecule has 4 aromatic carbocycles. The van der Waals surface area contributed by atoms with Gasteiger partial charge in [-0.2, -0.15) is 5.10 Å². The van der Waals surface area contributed by atoms with Crippen molar-refractivity contribution >= 4 is 22.4 Å². The first-order chi connectivity index (χ1) is 16.0. The van der Waals surface area contributed by atoms with Crippen molar-refractivity contribution in [2.45, 2.75) is 20.8 Å². The number of amides is 1. The lowest BCUT2D eigenvalue weighted by molar-refractivity contribution is 0.102. The lowest BCUT2D eigenvalue weighted by atomic mass is 10.0. The van der Waals surface area contributed by atoms with Crippen molar-refractivity contribution in [3.8, 4) is 16.9 Å². The van der Waals surface area contributed by atoms with Crippen LogP contribution < -0.4 is 5.32 Å². The van der Waals surface area contributed by atoms with Crippen LogP contribution in [0.4, 0.5) is 5.69 Å². The van der Waals surface area contributed by atoms with Gasteiger partial charge in [-0.25, -0.2) is 4.68 Å². The number of carbonyl (C=O) groups is 1. The molecule has 0 unspecified atom stereocenters. The zero-order chi connectivity index (χ0) is 22.9. The maximum Gasteiger partial charge on any atom is 0.276 e. The largest absolute Gasteiger partial charge is 0.320 e. The van der Waals surface area contributed by atoms with Gasteiger partial charge < -0.3 is 5.32 Å². The van der Waals surface area contributed by atoms with E-state index in [1.165, 1.54) is 5.56 Å². The van der Waals surface area contributed by atoms with Crippen LogP contribution >= 0.6 is 0 Å². The van der Waals surface area contributed by atoms with E-state index in [1.54, 1.807) is 0 Å². The summed E-state index contributed by atoms with van der Waals surface area (Å²) in [5.74, 6) is -0.226. The number of hydrogen-bond acceptors (Lipinski definition) is 2. The van der Waals surface area contributed by atoms with Gasteiger partial charge in [0.25, 0.3) is 5.91 Å². The van der Waals surface area contributed by atoms with Crippen LogP contribution in [0.1, 0.15) is 27.2 Å². The summed E-state index contributed by atoms with van der Waals surface area (Å²) < 4.78 is 1.86. The van der Waals surface area contributed by atoms with Crippen molar-refractivity contribution in [3.05, 3.63) is 113 Å². The maximum atomic E-state index is 13.2. The molecule has 5 rings (SSSR count). The van der Waals surface area contributed by atoms with E-state index in [9.17, 15) is 4.79 Å². The summed E-state index contributed by atoms with van der Waals surface area (Å²) >= 11 is 0. The lowest BCUT2D eigenvalue weighted by Crippen LogP contribution is -2.14. The van der Waals surface area contributed by atoms with Gasteiger partial charge in [0, 0.05) is 11.3 Å². The van der Waals surface area contributed by atoms with E-state index in [-0.39, 0.29) is 5.91 Å². The van der Waals surface area contributed by atoms with Crippen LogP contribution in [0.2, 0.25) is 0 Å². The predicted octanol–water partition coefficient (Wildman–Crippen LogP) is 6.87. The first-order valence-corrected chi connectivity index (χ1v) is 11.0. The number of aryl methyl sites for hydroxylation is 3. The second-order valence-electron chi connectivity index (χ2n) is 8.46. The van der Waals surface area contributed by atoms with Crippen molar-refractivity contribution in [2.24, 2.45) is 0 Å². The first kappa shape index (κ1) is 20.7. The van der Waals surface area contributed by atoms with Gasteiger partial charge in [0.05, 0.1) is 11.4 Å². The Bertz CT molecular complexity index is 1470. The molecule has 1 aromatic heterocycles. The van der Waals surface area contributed by atoms with Crippen LogP contribution in [0, 0.1) is 20.8 Å². The molecule has 4 nitrogen and oxygen atoms in total. The highest BCUT2D eigenvalue weighted by atomic mass is 16.2. The molecule has 0 spiro atoms. The molecule has 0 aliphatic heterocycles. The molecule has 0 fully saturated rings. The zero-order valence-electron chi connectivity index (χ0n) is 19.0. The van der Waals surface area contributed by atoms with Crippen LogP contribution in [-0.4, -0.2) is 15.7 Å². The van der Waals surface area contributed by atoms with Gasteiger partial charge in [0.2, 0.25) is 0 Å². The van der Waals surface area contributed by atoms with E-state index in [0.717, 1.165) is 44.5 Å². The smallest absolute Gasteiger partial charge is 0.276 e. The lowest BCUT2D eigenvalue weighted by Gasteiger charge is -2.10. The van der Waals surface area contributed by atoms with E-state index in [2.05, 4.69) is 48.6 Å². The van der Waals surface area contributed by atoms with Crippen LogP contribution in [0.15, 0.2) is 91.0 Å². The van der Waals surface area contributed by atoms with E-state index >= 15 is 0 Å². The minimum absolute atomic E-state index is 0.226. The van der Waals surface area contributed by atoms with Crippen LogP contribution in [0.5, 0.6) is 0 Å². The molecule has 0 aliphatic carbocycles. The SMILES string of the molecule is Cc1ccc(-n2nc(C(=O)Nc3cc(C)ccc3C)cc2-c2cccc3ccccc23)cc1. The fourth-order valence-corrected chi connectivity index (χ4v) is 4.07. The van der Waals surface area contributed by atoms with E-state index in [4.69, 9.17) is 5.10 Å². The highest BCUT2D eigenvalue weighted by Gasteiger charge is 2.19. The summed E-state index contributed by atoms with van der Waals surface area (Å²) in [6.07, 6.45) is 0. The normalized spacial score (nSPS) is 11.0. The number of nitrogens with zero attached hydrogens (tertiary/aromatic N) is 2. The number of carbonyl (C=O) groups excluding carboxylic acids is 1. The topological polar surface area (TPSA) is 46.9 Å². The van der Waals surface area contributed by atoms with Gasteiger partial charge in [0.1, 0.15) is 0 Å². The van der Waals surface area contributed by atoms with Crippen LogP contribution in [0.25, 0.3) is 27.7 Å². The minimum atomic E-state index is -0.226. The number of anilines is 1. The number of benzene rings is 4. The van der Waals surface area contributed by atoms with Gasteiger partial charge in [-0.15, -0.1) is 0 Å². The Labute approximate surface area is 193 Å². The highest BCUT2D eigenvalue weighted by Crippen LogP contribution is 2.31. The zero-order valence-corrected chi connectivity index (χ0v) is 19.0. The monoisotopic (exact) mass is 431 g/mol. The van der Waals surface area contributed by atoms with E-state index in [1.807, 2.05) is 73.1 Å². The van der Waals surface area contributed by atoms with Gasteiger partial charge in [-0.3, -0.25) is 4.79 Å². The summed E-state index contributed by atoms with van der Waals surface area (Å²) in [6.45, 7) is 6.06. The van der Waals surface area contributed by atoms with Crippen molar-refractivity contribution in [2.75, 3.05) is 5.32 Å². The van der Waals surface area contributed by atoms with Crippen molar-refractivity contribution in [1.29, 1.82) is 0 Å². The fourth-order valence-electron chi connectivity index (χ4n) is 4.07. The molecule has 4 heteroatoms. The molecule has 33 heavy (non-hydrogen) atoms. The van der Waals surface area contributed by atoms with Gasteiger partial charge in [-0.1, -0.05) is 72.3 Å². The van der Waals surface area contributed by atoms with Crippen LogP contribution in [0.3, 0.4) is 0 Å². The Hall–Kier alpha value is -4.18. The minimum Gasteiger partial charge on any atom is -0.320 e. The standard InChI is InChI=1S/C29H25N3O/c1-19-12-15-23(16-13-19)32-28(25-10-6-8-22-7-4-5-9-24(22)25)18-27(31-32)29(33)30-26-17-20(2)11-14-21(26)3/h4-18H,1-3H3,(H,30,33). The Morgan fingerprint density at radius 1 is 0.788 bits per heavy atom. The highest BCUT2D eigenvalue weighted by molar-refractivity contribution is 6.05. The van der Waals surface area contributed by atoms with Crippen molar-refractivity contribution in [1.82, 2.24) is 9.78 Å². The number of hydrogen-bond donors (Lipinski definition) is 1. The third-order valence-electron chi connectivity index (χ3n) is 5.93. The van der Waals surface area contributed by atoms with Crippen molar-refractivity contribution < 1.29 is 4.79 Å². The Balaban J connectivity index is 1.64. The third-order valence-corrected chi connectivity index (χ3v) is 5.93. The summed E-state index contributed by atoms with van der Waals surface area (Å²) in [5, 5.41) is 10.1. The molecule has 0 saturated heterocycles. The molecular weight excluding hydrogens is 406 g/mol. The average Bonchev–Trinajstić information content (AvgIpc) is 3.27. The molecule has 1 N–H and O–H groups in total. The number of rotatable bonds is 4. The third kappa shape index (κ3) is 4.03. The quantitative estimate of drug-likeness (QED) is 0.337. The van der Waals surface area contributed by atoms with Gasteiger partial charge in [0.15, 0.2) is 5.69 Å². The molecule has 0 bridgehead atoms. The molecule has 0 radical (unpaired) electrons. The molecule has 5 aromatic rings. The summed E-state index contributed by atoms with van der Waals surface area (Å²) in [4.78, 5) is 13.2. The Kier molecular flexibility index (Phi) is 5.27. The Morgan fingerprint density at radius 2 is 1.52 bits per heavy atom. The van der Waals surface area contributed by atoms with E-state index < -0.39 is 0 Å². The molecule has 0 atom stereocenters. The Morgan fingerprint density at radius 3 is 2.33 bits per heavy atom. The first-order valence-electron chi connectivity index (χ1n) is 11.0. The fraction of sp³-hybridized carbons (Fsp3) is 0.103. The summed E-state index contributed by atoms with van der Waals surface area (Å²) in [7, 11) is 0. The van der Waals surface area contributed by atoms with Crippen molar-refractivity contribution in [3.63, 3.8) is 0 Å². The summed E-state index contributed by atoms with van der Waals surface area (Å²) in [5.41, 5.74) is 7.28. The molecule has 162 valence electrons. The molecule has 1 amide bonds. The summed E-state index contributed by atoms with van der Waals surface area (Å²) in [6, 6.07) is 30.6. The number of aromatic nitrogens is 2. The molecule has 0 aliphatic rings. The maximum absolute atomic E-state index is 13.2. The number of fused-ring (bicyclic) bond motifs is 1. The second-order valence-corrected chi connectivity index (χ2v) is 8.46. The van der Waals surface area contributed by atoms with Gasteiger partial charge >= 0.3 is 0 Å². The van der Waals surface area contributed by atoms with Crippen LogP contribution in [-0.2, 0) is 0 Å².